The van der Waals surface area contributed by atoms with Crippen molar-refractivity contribution in [1.29, 1.82) is 0 Å². The first kappa shape index (κ1) is 19.1. The van der Waals surface area contributed by atoms with Gasteiger partial charge in [0.2, 0.25) is 17.7 Å². The molecule has 0 aliphatic heterocycles. The molecule has 0 saturated carbocycles. The number of nitrogens with one attached hydrogen (secondary N) is 3. The molecule has 0 aliphatic rings. The smallest absolute Gasteiger partial charge is 0.243 e. The van der Waals surface area contributed by atoms with Crippen LogP contribution in [0.2, 0.25) is 0 Å². The molecule has 0 aliphatic carbocycles. The van der Waals surface area contributed by atoms with E-state index in [2.05, 4.69) is 41.2 Å². The van der Waals surface area contributed by atoms with Crippen LogP contribution in [0.15, 0.2) is 0 Å². The summed E-state index contributed by atoms with van der Waals surface area (Å²) in [5, 5.41) is 7.70. The Kier molecular flexibility index (Phi) is 7.99. The highest BCUT2D eigenvalue weighted by Crippen LogP contribution is 2.19. The highest BCUT2D eigenvalue weighted by atomic mass is 32.1. The summed E-state index contributed by atoms with van der Waals surface area (Å²) in [5.74, 6) is -2.11. The van der Waals surface area contributed by atoms with Crippen LogP contribution in [0, 0.1) is 5.92 Å². The van der Waals surface area contributed by atoms with E-state index in [0.29, 0.717) is 0 Å². The molecular weight excluding hydrogens is 300 g/mol. The minimum atomic E-state index is -1.25. The molecular formula is C11H22N4O3S2. The largest absolute Gasteiger partial charge is 0.368 e. The van der Waals surface area contributed by atoms with Crippen LogP contribution < -0.4 is 21.7 Å². The average molecular weight is 322 g/mol. The van der Waals surface area contributed by atoms with E-state index < -0.39 is 29.3 Å². The number of hydrogen-bond donors (Lipinski definition) is 6. The minimum Gasteiger partial charge on any atom is -0.368 e. The van der Waals surface area contributed by atoms with Crippen molar-refractivity contribution in [2.45, 2.75) is 18.5 Å². The number of carbonyl (C=O) groups is 3. The third kappa shape index (κ3) is 4.29. The zero-order chi connectivity index (χ0) is 15.9. The van der Waals surface area contributed by atoms with Crippen LogP contribution in [0.5, 0.6) is 0 Å². The van der Waals surface area contributed by atoms with Crippen LogP contribution in [0.25, 0.3) is 0 Å². The first-order valence-corrected chi connectivity index (χ1v) is 7.27. The second-order valence-corrected chi connectivity index (χ2v) is 5.14. The van der Waals surface area contributed by atoms with E-state index in [1.807, 2.05) is 0 Å². The van der Waals surface area contributed by atoms with Gasteiger partial charge < -0.3 is 21.7 Å². The predicted molar refractivity (Wildman–Crippen MR) is 83.9 cm³/mol. The summed E-state index contributed by atoms with van der Waals surface area (Å²) >= 11 is 8.11. The molecule has 0 aromatic heterocycles. The Morgan fingerprint density at radius 2 is 1.70 bits per heavy atom. The fourth-order valence-electron chi connectivity index (χ4n) is 1.64. The molecule has 9 heteroatoms. The van der Waals surface area contributed by atoms with Gasteiger partial charge in [0.15, 0.2) is 0 Å². The molecule has 0 aromatic carbocycles. The Morgan fingerprint density at radius 1 is 1.15 bits per heavy atom. The lowest BCUT2D eigenvalue weighted by molar-refractivity contribution is -0.136. The van der Waals surface area contributed by atoms with Crippen LogP contribution >= 0.6 is 25.3 Å². The van der Waals surface area contributed by atoms with Gasteiger partial charge in [0.1, 0.15) is 11.6 Å². The van der Waals surface area contributed by atoms with Crippen molar-refractivity contribution in [3.8, 4) is 0 Å². The van der Waals surface area contributed by atoms with E-state index in [9.17, 15) is 14.4 Å². The molecule has 20 heavy (non-hydrogen) atoms. The zero-order valence-electron chi connectivity index (χ0n) is 11.8. The van der Waals surface area contributed by atoms with E-state index in [1.165, 1.54) is 21.0 Å². The highest BCUT2D eigenvalue weighted by Gasteiger charge is 2.42. The number of thiol groups is 2. The van der Waals surface area contributed by atoms with Gasteiger partial charge >= 0.3 is 0 Å². The van der Waals surface area contributed by atoms with Gasteiger partial charge in [0, 0.05) is 18.6 Å². The molecule has 5 N–H and O–H groups in total. The minimum absolute atomic E-state index is 0.0964. The first-order valence-electron chi connectivity index (χ1n) is 6.00. The Morgan fingerprint density at radius 3 is 2.00 bits per heavy atom. The predicted octanol–water partition coefficient (Wildman–Crippen LogP) is -1.84. The number of likely N-dealkylation sites (N-methyl/N-ethyl adjacent to an activating group) is 2. The lowest BCUT2D eigenvalue weighted by atomic mass is 9.85. The summed E-state index contributed by atoms with van der Waals surface area (Å²) < 4.78 is 0. The van der Waals surface area contributed by atoms with E-state index in [1.54, 1.807) is 0 Å². The number of carbonyl (C=O) groups excluding carboxylic acids is 3. The third-order valence-corrected chi connectivity index (χ3v) is 4.02. The molecule has 3 atom stereocenters. The van der Waals surface area contributed by atoms with Gasteiger partial charge in [-0.2, -0.15) is 25.3 Å². The quantitative estimate of drug-likeness (QED) is 0.295. The van der Waals surface area contributed by atoms with Crippen molar-refractivity contribution in [1.82, 2.24) is 16.0 Å². The maximum atomic E-state index is 12.3. The maximum absolute atomic E-state index is 12.3. The molecule has 0 rings (SSSR count). The molecule has 116 valence electrons. The van der Waals surface area contributed by atoms with Crippen LogP contribution in [-0.2, 0) is 14.4 Å². The summed E-state index contributed by atoms with van der Waals surface area (Å²) in [5.41, 5.74) is 4.08. The second-order valence-electron chi connectivity index (χ2n) is 4.41. The van der Waals surface area contributed by atoms with Crippen molar-refractivity contribution in [2.75, 3.05) is 25.6 Å². The standard InChI is InChI=1S/C11H22N4O3S2/c1-11(14-3,10(12)18)6(4-19)8(16)15-7(5-20)9(17)13-2/h6-7,14,19-20H,4-5H2,1-3H3,(H2,12,18)(H,13,17)(H,15,16)/t6-,7-,11?/m0/s1. The van der Waals surface area contributed by atoms with Crippen LogP contribution in [-0.4, -0.2) is 54.9 Å². The molecule has 3 amide bonds. The normalized spacial score (nSPS) is 16.6. The second kappa shape index (κ2) is 8.38. The fourth-order valence-corrected chi connectivity index (χ4v) is 2.43. The van der Waals surface area contributed by atoms with Gasteiger partial charge in [-0.15, -0.1) is 0 Å². The van der Waals surface area contributed by atoms with E-state index in [-0.39, 0.29) is 17.4 Å². The lowest BCUT2D eigenvalue weighted by Gasteiger charge is -2.33. The molecule has 0 bridgehead atoms. The number of nitrogens with two attached hydrogens (primary N) is 1. The molecule has 0 radical (unpaired) electrons. The SMILES string of the molecule is CNC(=O)[C@H](CS)NC(=O)[C@H](CS)C(C)(NC)C(N)=O. The summed E-state index contributed by atoms with van der Waals surface area (Å²) in [4.78, 5) is 35.3. The topological polar surface area (TPSA) is 113 Å². The van der Waals surface area contributed by atoms with Crippen molar-refractivity contribution < 1.29 is 14.4 Å². The summed E-state index contributed by atoms with van der Waals surface area (Å²) in [7, 11) is 2.99. The summed E-state index contributed by atoms with van der Waals surface area (Å²) in [6.07, 6.45) is 0. The Labute approximate surface area is 129 Å². The van der Waals surface area contributed by atoms with Gasteiger partial charge in [-0.25, -0.2) is 0 Å². The van der Waals surface area contributed by atoms with Crippen LogP contribution in [0.3, 0.4) is 0 Å². The molecule has 0 fully saturated rings. The van der Waals surface area contributed by atoms with Gasteiger partial charge in [0.25, 0.3) is 0 Å². The van der Waals surface area contributed by atoms with Gasteiger partial charge in [-0.05, 0) is 14.0 Å². The van der Waals surface area contributed by atoms with Crippen molar-refractivity contribution >= 4 is 43.0 Å². The number of amides is 3. The van der Waals surface area contributed by atoms with E-state index >= 15 is 0 Å². The third-order valence-electron chi connectivity index (χ3n) is 3.29. The number of rotatable bonds is 8. The van der Waals surface area contributed by atoms with Crippen LogP contribution in [0.1, 0.15) is 6.92 Å². The lowest BCUT2D eigenvalue weighted by Crippen LogP contribution is -2.62. The highest BCUT2D eigenvalue weighted by molar-refractivity contribution is 7.80. The zero-order valence-corrected chi connectivity index (χ0v) is 13.6. The van der Waals surface area contributed by atoms with Crippen molar-refractivity contribution in [2.24, 2.45) is 11.7 Å². The van der Waals surface area contributed by atoms with E-state index in [0.717, 1.165) is 0 Å². The average Bonchev–Trinajstić information content (AvgIpc) is 2.43. The number of hydrogen-bond acceptors (Lipinski definition) is 6. The van der Waals surface area contributed by atoms with Crippen molar-refractivity contribution in [3.05, 3.63) is 0 Å². The molecule has 1 unspecified atom stereocenters. The molecule has 0 heterocycles. The number of primary amides is 1. The van der Waals surface area contributed by atoms with Gasteiger partial charge in [-0.1, -0.05) is 0 Å². The fraction of sp³-hybridized carbons (Fsp3) is 0.727. The van der Waals surface area contributed by atoms with Crippen molar-refractivity contribution in [3.63, 3.8) is 0 Å². The summed E-state index contributed by atoms with van der Waals surface area (Å²) in [6, 6.07) is -0.785. The van der Waals surface area contributed by atoms with E-state index in [4.69, 9.17) is 5.73 Å². The molecule has 0 saturated heterocycles. The molecule has 7 nitrogen and oxygen atoms in total. The molecule has 0 aromatic rings. The Bertz CT molecular complexity index is 381. The van der Waals surface area contributed by atoms with Gasteiger partial charge in [0.05, 0.1) is 5.92 Å². The summed E-state index contributed by atoms with van der Waals surface area (Å²) in [6.45, 7) is 1.52. The molecule has 0 spiro atoms. The van der Waals surface area contributed by atoms with Crippen LogP contribution in [0.4, 0.5) is 0 Å². The monoisotopic (exact) mass is 322 g/mol. The first-order chi connectivity index (χ1) is 9.28. The van der Waals surface area contributed by atoms with Gasteiger partial charge in [-0.3, -0.25) is 14.4 Å². The Hall–Kier alpha value is -0.930. The Balaban J connectivity index is 5.12. The maximum Gasteiger partial charge on any atom is 0.243 e.